The zero-order valence-corrected chi connectivity index (χ0v) is 13.5. The first-order chi connectivity index (χ1) is 8.93. The molecule has 1 rings (SSSR count). The summed E-state index contributed by atoms with van der Waals surface area (Å²) >= 11 is 0. The summed E-state index contributed by atoms with van der Waals surface area (Å²) in [5.41, 5.74) is 5.42. The largest absolute Gasteiger partial charge is 0.416 e. The van der Waals surface area contributed by atoms with Crippen LogP contribution in [0.1, 0.15) is 30.9 Å². The minimum atomic E-state index is -4.33. The molecule has 0 aliphatic carbocycles. The van der Waals surface area contributed by atoms with Crippen molar-refractivity contribution >= 4 is 29.9 Å². The zero-order valence-electron chi connectivity index (χ0n) is 11.2. The summed E-state index contributed by atoms with van der Waals surface area (Å²) in [6.07, 6.45) is -2.32. The van der Waals surface area contributed by atoms with Gasteiger partial charge in [0.2, 0.25) is 0 Å². The maximum atomic E-state index is 12.5. The van der Waals surface area contributed by atoms with Gasteiger partial charge in [0.15, 0.2) is 5.96 Å². The lowest BCUT2D eigenvalue weighted by molar-refractivity contribution is -0.137. The van der Waals surface area contributed by atoms with Crippen LogP contribution in [-0.4, -0.2) is 12.5 Å². The van der Waals surface area contributed by atoms with E-state index < -0.39 is 11.7 Å². The molecule has 3 nitrogen and oxygen atoms in total. The van der Waals surface area contributed by atoms with Crippen LogP contribution in [0.3, 0.4) is 0 Å². The molecule has 0 unspecified atom stereocenters. The lowest BCUT2D eigenvalue weighted by Crippen LogP contribution is -2.32. The van der Waals surface area contributed by atoms with E-state index in [2.05, 4.69) is 17.2 Å². The number of nitrogens with two attached hydrogens (primary N) is 1. The molecule has 0 aliphatic rings. The molecule has 0 amide bonds. The molecule has 7 heteroatoms. The number of unbranched alkanes of at least 4 members (excludes halogenated alkanes) is 1. The van der Waals surface area contributed by atoms with Crippen molar-refractivity contribution in [1.82, 2.24) is 5.32 Å². The number of guanidine groups is 1. The summed E-state index contributed by atoms with van der Waals surface area (Å²) in [6, 6.07) is 5.09. The van der Waals surface area contributed by atoms with E-state index in [1.807, 2.05) is 0 Å². The van der Waals surface area contributed by atoms with Crippen molar-refractivity contribution in [2.45, 2.75) is 32.5 Å². The van der Waals surface area contributed by atoms with Gasteiger partial charge in [-0.2, -0.15) is 13.2 Å². The van der Waals surface area contributed by atoms with Gasteiger partial charge < -0.3 is 11.1 Å². The van der Waals surface area contributed by atoms with Crippen LogP contribution < -0.4 is 11.1 Å². The normalized spacial score (nSPS) is 11.9. The Morgan fingerprint density at radius 2 is 2.05 bits per heavy atom. The summed E-state index contributed by atoms with van der Waals surface area (Å²) in [5.74, 6) is 0.255. The van der Waals surface area contributed by atoms with Crippen LogP contribution in [0.25, 0.3) is 0 Å². The number of nitrogens with one attached hydrogen (secondary N) is 1. The van der Waals surface area contributed by atoms with Crippen molar-refractivity contribution in [3.63, 3.8) is 0 Å². The highest BCUT2D eigenvalue weighted by Crippen LogP contribution is 2.29. The lowest BCUT2D eigenvalue weighted by Gasteiger charge is -2.08. The molecule has 114 valence electrons. The van der Waals surface area contributed by atoms with Gasteiger partial charge in [-0.05, 0) is 24.1 Å². The third kappa shape index (κ3) is 6.97. The molecular formula is C13H19F3IN3. The van der Waals surface area contributed by atoms with E-state index in [9.17, 15) is 13.2 Å². The van der Waals surface area contributed by atoms with E-state index in [0.29, 0.717) is 12.1 Å². The van der Waals surface area contributed by atoms with Gasteiger partial charge in [-0.15, -0.1) is 24.0 Å². The molecule has 0 aliphatic heterocycles. The number of benzene rings is 1. The average Bonchev–Trinajstić information content (AvgIpc) is 2.36. The Balaban J connectivity index is 0.00000361. The van der Waals surface area contributed by atoms with Crippen molar-refractivity contribution in [3.8, 4) is 0 Å². The molecule has 1 aromatic rings. The van der Waals surface area contributed by atoms with Gasteiger partial charge in [-0.25, -0.2) is 4.99 Å². The standard InChI is InChI=1S/C13H18F3N3.HI/c1-2-3-7-18-12(17)19-9-10-5-4-6-11(8-10)13(14,15)16;/h4-6,8H,2-3,7,9H2,1H3,(H3,17,18,19);1H. The van der Waals surface area contributed by atoms with Crippen LogP contribution >= 0.6 is 24.0 Å². The fraction of sp³-hybridized carbons (Fsp3) is 0.462. The van der Waals surface area contributed by atoms with Gasteiger partial charge in [-0.3, -0.25) is 0 Å². The molecule has 0 aromatic heterocycles. The van der Waals surface area contributed by atoms with Crippen LogP contribution in [0.2, 0.25) is 0 Å². The van der Waals surface area contributed by atoms with Crippen molar-refractivity contribution in [2.75, 3.05) is 6.54 Å². The predicted molar refractivity (Wildman–Crippen MR) is 85.1 cm³/mol. The molecule has 1 aromatic carbocycles. The van der Waals surface area contributed by atoms with Crippen LogP contribution in [-0.2, 0) is 12.7 Å². The SMILES string of the molecule is CCCCNC(N)=NCc1cccc(C(F)(F)F)c1.I. The molecule has 0 radical (unpaired) electrons. The van der Waals surface area contributed by atoms with E-state index in [1.165, 1.54) is 6.07 Å². The quantitative estimate of drug-likeness (QED) is 0.343. The second kappa shape index (κ2) is 9.04. The highest BCUT2D eigenvalue weighted by Gasteiger charge is 2.30. The fourth-order valence-corrected chi connectivity index (χ4v) is 1.47. The van der Waals surface area contributed by atoms with Gasteiger partial charge in [0.05, 0.1) is 12.1 Å². The third-order valence-corrected chi connectivity index (χ3v) is 2.52. The summed E-state index contributed by atoms with van der Waals surface area (Å²) in [7, 11) is 0. The maximum absolute atomic E-state index is 12.5. The average molecular weight is 401 g/mol. The number of aliphatic imine (C=N–C) groups is 1. The number of rotatable bonds is 5. The number of hydrogen-bond donors (Lipinski definition) is 2. The molecule has 0 atom stereocenters. The maximum Gasteiger partial charge on any atom is 0.416 e. The molecule has 0 spiro atoms. The van der Waals surface area contributed by atoms with Crippen molar-refractivity contribution in [2.24, 2.45) is 10.7 Å². The second-order valence-electron chi connectivity index (χ2n) is 4.18. The van der Waals surface area contributed by atoms with Crippen molar-refractivity contribution in [1.29, 1.82) is 0 Å². The van der Waals surface area contributed by atoms with E-state index in [1.54, 1.807) is 6.07 Å². The second-order valence-corrected chi connectivity index (χ2v) is 4.18. The molecule has 0 fully saturated rings. The highest BCUT2D eigenvalue weighted by molar-refractivity contribution is 14.0. The van der Waals surface area contributed by atoms with E-state index in [-0.39, 0.29) is 36.5 Å². The Morgan fingerprint density at radius 1 is 1.35 bits per heavy atom. The summed E-state index contributed by atoms with van der Waals surface area (Å²) in [5, 5.41) is 2.90. The predicted octanol–water partition coefficient (Wildman–Crippen LogP) is 3.53. The first-order valence-corrected chi connectivity index (χ1v) is 6.13. The Morgan fingerprint density at radius 3 is 2.65 bits per heavy atom. The summed E-state index contributed by atoms with van der Waals surface area (Å²) in [4.78, 5) is 4.01. The molecular weight excluding hydrogens is 382 g/mol. The minimum absolute atomic E-state index is 0. The molecule has 0 saturated heterocycles. The molecule has 3 N–H and O–H groups in total. The van der Waals surface area contributed by atoms with Gasteiger partial charge in [-0.1, -0.05) is 25.5 Å². The van der Waals surface area contributed by atoms with Crippen LogP contribution in [0, 0.1) is 0 Å². The Bertz CT molecular complexity index is 433. The topological polar surface area (TPSA) is 50.4 Å². The lowest BCUT2D eigenvalue weighted by atomic mass is 10.1. The molecule has 0 saturated carbocycles. The van der Waals surface area contributed by atoms with Crippen LogP contribution in [0.4, 0.5) is 13.2 Å². The first-order valence-electron chi connectivity index (χ1n) is 6.13. The van der Waals surface area contributed by atoms with Crippen molar-refractivity contribution in [3.05, 3.63) is 35.4 Å². The number of nitrogens with zero attached hydrogens (tertiary/aromatic N) is 1. The summed E-state index contributed by atoms with van der Waals surface area (Å²) < 4.78 is 37.5. The van der Waals surface area contributed by atoms with Gasteiger partial charge in [0.1, 0.15) is 0 Å². The highest BCUT2D eigenvalue weighted by atomic mass is 127. The van der Waals surface area contributed by atoms with E-state index in [4.69, 9.17) is 5.73 Å². The Kier molecular flexibility index (Phi) is 8.59. The smallest absolute Gasteiger partial charge is 0.370 e. The number of hydrogen-bond acceptors (Lipinski definition) is 1. The van der Waals surface area contributed by atoms with Crippen molar-refractivity contribution < 1.29 is 13.2 Å². The molecule has 0 heterocycles. The Labute approximate surface area is 133 Å². The minimum Gasteiger partial charge on any atom is -0.370 e. The van der Waals surface area contributed by atoms with E-state index in [0.717, 1.165) is 25.0 Å². The number of alkyl halides is 3. The molecule has 20 heavy (non-hydrogen) atoms. The van der Waals surface area contributed by atoms with Gasteiger partial charge >= 0.3 is 6.18 Å². The first kappa shape index (κ1) is 19.0. The zero-order chi connectivity index (χ0) is 14.3. The van der Waals surface area contributed by atoms with Crippen LogP contribution in [0.15, 0.2) is 29.3 Å². The Hall–Kier alpha value is -0.990. The third-order valence-electron chi connectivity index (χ3n) is 2.52. The van der Waals surface area contributed by atoms with Gasteiger partial charge in [0, 0.05) is 6.54 Å². The van der Waals surface area contributed by atoms with Crippen LogP contribution in [0.5, 0.6) is 0 Å². The van der Waals surface area contributed by atoms with E-state index >= 15 is 0 Å². The monoisotopic (exact) mass is 401 g/mol. The fourth-order valence-electron chi connectivity index (χ4n) is 1.47. The number of halogens is 4. The molecule has 0 bridgehead atoms. The van der Waals surface area contributed by atoms with Gasteiger partial charge in [0.25, 0.3) is 0 Å². The summed E-state index contributed by atoms with van der Waals surface area (Å²) in [6.45, 7) is 2.90.